The van der Waals surface area contributed by atoms with Crippen molar-refractivity contribution in [2.75, 3.05) is 11.9 Å². The van der Waals surface area contributed by atoms with Gasteiger partial charge in [-0.2, -0.15) is 23.7 Å². The summed E-state index contributed by atoms with van der Waals surface area (Å²) in [6.45, 7) is 0.216. The van der Waals surface area contributed by atoms with Gasteiger partial charge >= 0.3 is 6.18 Å². The Kier molecular flexibility index (Phi) is 5.96. The van der Waals surface area contributed by atoms with Gasteiger partial charge in [-0.3, -0.25) is 4.79 Å². The van der Waals surface area contributed by atoms with E-state index < -0.39 is 28.9 Å². The molecule has 1 aromatic carbocycles. The number of hydrogen-bond acceptors (Lipinski definition) is 4. The van der Waals surface area contributed by atoms with Gasteiger partial charge in [0.05, 0.1) is 23.7 Å². The van der Waals surface area contributed by atoms with E-state index >= 15 is 0 Å². The number of rotatable bonds is 5. The van der Waals surface area contributed by atoms with Crippen LogP contribution < -0.4 is 10.6 Å². The van der Waals surface area contributed by atoms with Gasteiger partial charge in [-0.15, -0.1) is 0 Å². The number of nitrogens with zero attached hydrogens (tertiary/aromatic N) is 2. The Morgan fingerprint density at radius 3 is 2.55 bits per heavy atom. The smallest absolute Gasteiger partial charge is 0.389 e. The molecule has 0 saturated heterocycles. The third kappa shape index (κ3) is 4.84. The summed E-state index contributed by atoms with van der Waals surface area (Å²) in [4.78, 5) is 11.8. The normalized spacial score (nSPS) is 11.2. The standard InChI is InChI=1S/C14H11F3N4O/c15-14(16,17)11-4-1-2-5-12(11)21-13(22)10(8-19)9-20-7-3-6-18/h1-2,4-5,9,20H,3,7H2,(H,21,22)/b10-9-. The highest BCUT2D eigenvalue weighted by molar-refractivity contribution is 6.06. The van der Waals surface area contributed by atoms with Crippen LogP contribution in [0.4, 0.5) is 18.9 Å². The first-order chi connectivity index (χ1) is 10.4. The molecule has 0 unspecified atom stereocenters. The van der Waals surface area contributed by atoms with Crippen molar-refractivity contribution in [2.45, 2.75) is 12.6 Å². The molecular weight excluding hydrogens is 297 g/mol. The molecule has 0 atom stereocenters. The van der Waals surface area contributed by atoms with Crippen molar-refractivity contribution in [3.63, 3.8) is 0 Å². The highest BCUT2D eigenvalue weighted by Crippen LogP contribution is 2.34. The monoisotopic (exact) mass is 308 g/mol. The Balaban J connectivity index is 2.89. The largest absolute Gasteiger partial charge is 0.418 e. The summed E-state index contributed by atoms with van der Waals surface area (Å²) in [6.07, 6.45) is -3.40. The van der Waals surface area contributed by atoms with Crippen molar-refractivity contribution in [3.8, 4) is 12.1 Å². The average Bonchev–Trinajstić information content (AvgIpc) is 2.46. The zero-order chi connectivity index (χ0) is 16.6. The summed E-state index contributed by atoms with van der Waals surface area (Å²) < 4.78 is 38.4. The van der Waals surface area contributed by atoms with E-state index in [0.717, 1.165) is 18.3 Å². The highest BCUT2D eigenvalue weighted by Gasteiger charge is 2.33. The molecule has 22 heavy (non-hydrogen) atoms. The minimum atomic E-state index is -4.62. The van der Waals surface area contributed by atoms with Crippen LogP contribution in [0, 0.1) is 22.7 Å². The molecule has 0 heterocycles. The van der Waals surface area contributed by atoms with E-state index in [1.54, 1.807) is 6.07 Å². The van der Waals surface area contributed by atoms with Crippen LogP contribution in [0.3, 0.4) is 0 Å². The number of benzene rings is 1. The summed E-state index contributed by atoms with van der Waals surface area (Å²) in [5, 5.41) is 21.8. The van der Waals surface area contributed by atoms with E-state index in [1.807, 2.05) is 6.07 Å². The zero-order valence-electron chi connectivity index (χ0n) is 11.2. The zero-order valence-corrected chi connectivity index (χ0v) is 11.2. The first-order valence-corrected chi connectivity index (χ1v) is 6.08. The quantitative estimate of drug-likeness (QED) is 0.497. The molecule has 0 aliphatic rings. The summed E-state index contributed by atoms with van der Waals surface area (Å²) in [5.74, 6) is -0.969. The van der Waals surface area contributed by atoms with Crippen LogP contribution >= 0.6 is 0 Å². The summed E-state index contributed by atoms with van der Waals surface area (Å²) in [7, 11) is 0. The van der Waals surface area contributed by atoms with Crippen molar-refractivity contribution in [1.82, 2.24) is 5.32 Å². The first kappa shape index (κ1) is 17.1. The van der Waals surface area contributed by atoms with E-state index in [4.69, 9.17) is 10.5 Å². The second-order valence-corrected chi connectivity index (χ2v) is 4.03. The van der Waals surface area contributed by atoms with Gasteiger partial charge in [0.2, 0.25) is 0 Å². The fourth-order valence-electron chi connectivity index (χ4n) is 1.48. The maximum atomic E-state index is 12.8. The molecule has 5 nitrogen and oxygen atoms in total. The molecule has 8 heteroatoms. The lowest BCUT2D eigenvalue weighted by Crippen LogP contribution is -2.19. The van der Waals surface area contributed by atoms with Gasteiger partial charge in [0.15, 0.2) is 0 Å². The van der Waals surface area contributed by atoms with Gasteiger partial charge in [-0.25, -0.2) is 0 Å². The van der Waals surface area contributed by atoms with Crippen molar-refractivity contribution >= 4 is 11.6 Å². The van der Waals surface area contributed by atoms with Gasteiger partial charge in [0, 0.05) is 12.7 Å². The first-order valence-electron chi connectivity index (χ1n) is 6.08. The lowest BCUT2D eigenvalue weighted by Gasteiger charge is -2.13. The number of carbonyl (C=O) groups is 1. The van der Waals surface area contributed by atoms with Crippen LogP contribution in [0.1, 0.15) is 12.0 Å². The summed E-state index contributed by atoms with van der Waals surface area (Å²) >= 11 is 0. The second kappa shape index (κ2) is 7.70. The van der Waals surface area contributed by atoms with E-state index in [0.29, 0.717) is 0 Å². The van der Waals surface area contributed by atoms with Crippen LogP contribution in [0.2, 0.25) is 0 Å². The average molecular weight is 308 g/mol. The highest BCUT2D eigenvalue weighted by atomic mass is 19.4. The molecule has 1 amide bonds. The Morgan fingerprint density at radius 2 is 1.95 bits per heavy atom. The van der Waals surface area contributed by atoms with Crippen LogP contribution in [0.25, 0.3) is 0 Å². The predicted octanol–water partition coefficient (Wildman–Crippen LogP) is 2.55. The topological polar surface area (TPSA) is 88.7 Å². The SMILES string of the molecule is N#CCCN/C=C(/C#N)C(=O)Nc1ccccc1C(F)(F)F. The third-order valence-electron chi connectivity index (χ3n) is 2.47. The Morgan fingerprint density at radius 1 is 1.27 bits per heavy atom. The minimum Gasteiger partial charge on any atom is -0.389 e. The number of halogens is 3. The number of hydrogen-bond donors (Lipinski definition) is 2. The summed E-state index contributed by atoms with van der Waals surface area (Å²) in [5.41, 5.74) is -1.83. The number of nitriles is 2. The van der Waals surface area contributed by atoms with Gasteiger partial charge in [-0.05, 0) is 12.1 Å². The fraction of sp³-hybridized carbons (Fsp3) is 0.214. The molecule has 0 aliphatic heterocycles. The molecular formula is C14H11F3N4O. The number of amides is 1. The number of para-hydroxylation sites is 1. The molecule has 0 radical (unpaired) electrons. The van der Waals surface area contributed by atoms with Gasteiger partial charge in [0.25, 0.3) is 5.91 Å². The van der Waals surface area contributed by atoms with Crippen LogP contribution in [-0.2, 0) is 11.0 Å². The number of carbonyl (C=O) groups excluding carboxylic acids is 1. The maximum absolute atomic E-state index is 12.8. The molecule has 0 fully saturated rings. The van der Waals surface area contributed by atoms with Crippen molar-refractivity contribution in [3.05, 3.63) is 41.6 Å². The van der Waals surface area contributed by atoms with Crippen LogP contribution in [-0.4, -0.2) is 12.5 Å². The van der Waals surface area contributed by atoms with Crippen LogP contribution in [0.15, 0.2) is 36.0 Å². The van der Waals surface area contributed by atoms with Crippen molar-refractivity contribution < 1.29 is 18.0 Å². The van der Waals surface area contributed by atoms with Crippen molar-refractivity contribution in [1.29, 1.82) is 10.5 Å². The van der Waals surface area contributed by atoms with Crippen LogP contribution in [0.5, 0.6) is 0 Å². The van der Waals surface area contributed by atoms with Gasteiger partial charge in [0.1, 0.15) is 11.6 Å². The van der Waals surface area contributed by atoms with E-state index in [1.165, 1.54) is 12.1 Å². The molecule has 1 rings (SSSR count). The Labute approximate surface area is 124 Å². The predicted molar refractivity (Wildman–Crippen MR) is 72.0 cm³/mol. The molecule has 0 aromatic heterocycles. The van der Waals surface area contributed by atoms with Crippen molar-refractivity contribution in [2.24, 2.45) is 0 Å². The van der Waals surface area contributed by atoms with E-state index in [9.17, 15) is 18.0 Å². The molecule has 2 N–H and O–H groups in total. The number of nitrogens with one attached hydrogen (secondary N) is 2. The van der Waals surface area contributed by atoms with E-state index in [2.05, 4.69) is 10.6 Å². The number of anilines is 1. The molecule has 114 valence electrons. The van der Waals surface area contributed by atoms with E-state index in [-0.39, 0.29) is 13.0 Å². The molecule has 0 aliphatic carbocycles. The Hall–Kier alpha value is -3.00. The molecule has 1 aromatic rings. The lowest BCUT2D eigenvalue weighted by molar-refractivity contribution is -0.137. The Bertz CT molecular complexity index is 653. The minimum absolute atomic E-state index is 0.160. The maximum Gasteiger partial charge on any atom is 0.418 e. The van der Waals surface area contributed by atoms with Gasteiger partial charge in [-0.1, -0.05) is 12.1 Å². The van der Waals surface area contributed by atoms with Gasteiger partial charge < -0.3 is 10.6 Å². The third-order valence-corrected chi connectivity index (χ3v) is 2.47. The second-order valence-electron chi connectivity index (χ2n) is 4.03. The molecule has 0 saturated carbocycles. The number of alkyl halides is 3. The lowest BCUT2D eigenvalue weighted by atomic mass is 10.1. The summed E-state index contributed by atoms with van der Waals surface area (Å²) in [6, 6.07) is 7.89. The molecule has 0 spiro atoms. The molecule has 0 bridgehead atoms. The fourth-order valence-corrected chi connectivity index (χ4v) is 1.48.